The number of hydrogen-bond acceptors (Lipinski definition) is 2. The van der Waals surface area contributed by atoms with Gasteiger partial charge in [-0.15, -0.1) is 0 Å². The van der Waals surface area contributed by atoms with E-state index in [4.69, 9.17) is 15.9 Å². The molecular weight excluding hydrogens is 212 g/mol. The van der Waals surface area contributed by atoms with Crippen molar-refractivity contribution in [3.05, 3.63) is 35.4 Å². The predicted molar refractivity (Wildman–Crippen MR) is 69.2 cm³/mol. The Kier molecular flexibility index (Phi) is 4.15. The van der Waals surface area contributed by atoms with Gasteiger partial charge in [0, 0.05) is 13.0 Å². The lowest BCUT2D eigenvalue weighted by Gasteiger charge is -2.25. The molecule has 1 aliphatic rings. The first-order chi connectivity index (χ1) is 8.27. The second-order valence-electron chi connectivity index (χ2n) is 4.58. The molecule has 1 aliphatic carbocycles. The molecule has 1 aromatic rings. The number of benzene rings is 1. The molecule has 0 aliphatic heterocycles. The zero-order chi connectivity index (χ0) is 12.1. The van der Waals surface area contributed by atoms with E-state index in [2.05, 4.69) is 24.3 Å². The van der Waals surface area contributed by atoms with E-state index in [9.17, 15) is 0 Å². The molecule has 17 heavy (non-hydrogen) atoms. The normalized spacial score (nSPS) is 18.7. The zero-order valence-electron chi connectivity index (χ0n) is 10.1. The molecule has 2 rings (SSSR count). The van der Waals surface area contributed by atoms with Gasteiger partial charge in [-0.2, -0.15) is 0 Å². The maximum Gasteiger partial charge on any atom is 0.0906 e. The third kappa shape index (κ3) is 3.30. The van der Waals surface area contributed by atoms with Gasteiger partial charge in [-0.05, 0) is 36.8 Å². The van der Waals surface area contributed by atoms with Gasteiger partial charge in [0.25, 0.3) is 0 Å². The van der Waals surface area contributed by atoms with Crippen LogP contribution in [0.3, 0.4) is 0 Å². The average molecular weight is 232 g/mol. The van der Waals surface area contributed by atoms with Gasteiger partial charge in [0.2, 0.25) is 0 Å². The molecule has 0 heterocycles. The minimum atomic E-state index is 0.243. The van der Waals surface area contributed by atoms with E-state index >= 15 is 0 Å². The second kappa shape index (κ2) is 5.82. The summed E-state index contributed by atoms with van der Waals surface area (Å²) < 4.78 is 5.91. The predicted octanol–water partition coefficient (Wildman–Crippen LogP) is 2.80. The number of amidine groups is 1. The fourth-order valence-corrected chi connectivity index (χ4v) is 2.37. The number of nitrogens with one attached hydrogen (secondary N) is 1. The quantitative estimate of drug-likeness (QED) is 0.466. The maximum absolute atomic E-state index is 7.16. The molecule has 0 saturated carbocycles. The molecule has 3 nitrogen and oxygen atoms in total. The molecule has 92 valence electrons. The first-order valence-corrected chi connectivity index (χ1v) is 6.29. The minimum absolute atomic E-state index is 0.243. The van der Waals surface area contributed by atoms with Crippen LogP contribution >= 0.6 is 0 Å². The van der Waals surface area contributed by atoms with Crippen LogP contribution in [0.25, 0.3) is 0 Å². The summed E-state index contributed by atoms with van der Waals surface area (Å²) in [7, 11) is 0. The Morgan fingerprint density at radius 2 is 2.24 bits per heavy atom. The molecular formula is C14H20N2O. The Hall–Kier alpha value is -1.35. The van der Waals surface area contributed by atoms with Crippen LogP contribution < -0.4 is 5.73 Å². The standard InChI is InChI=1S/C14H20N2O/c15-14(16)9-4-10-17-13-8-3-6-11-5-1-2-7-12(11)13/h1-2,5,7,13H,3-4,6,8-10H2,(H3,15,16). The maximum atomic E-state index is 7.16. The highest BCUT2D eigenvalue weighted by atomic mass is 16.5. The third-order valence-electron chi connectivity index (χ3n) is 3.22. The Balaban J connectivity index is 1.88. The molecule has 0 aromatic heterocycles. The highest BCUT2D eigenvalue weighted by molar-refractivity contribution is 5.76. The van der Waals surface area contributed by atoms with Crippen molar-refractivity contribution >= 4 is 5.84 Å². The summed E-state index contributed by atoms with van der Waals surface area (Å²) in [6.45, 7) is 0.693. The molecule has 0 radical (unpaired) electrons. The van der Waals surface area contributed by atoms with E-state index in [1.165, 1.54) is 24.0 Å². The fraction of sp³-hybridized carbons (Fsp3) is 0.500. The highest BCUT2D eigenvalue weighted by Gasteiger charge is 2.19. The molecule has 3 heteroatoms. The summed E-state index contributed by atoms with van der Waals surface area (Å²) in [5, 5.41) is 7.16. The molecule has 1 unspecified atom stereocenters. The Morgan fingerprint density at radius 1 is 1.41 bits per heavy atom. The van der Waals surface area contributed by atoms with Crippen LogP contribution in [0, 0.1) is 5.41 Å². The Labute approximate surface area is 102 Å². The van der Waals surface area contributed by atoms with Crippen LogP contribution in [0.1, 0.15) is 42.9 Å². The van der Waals surface area contributed by atoms with Gasteiger partial charge < -0.3 is 10.5 Å². The number of rotatable bonds is 5. The SMILES string of the molecule is N=C(N)CCCOC1CCCc2ccccc21. The molecule has 0 saturated heterocycles. The van der Waals surface area contributed by atoms with E-state index in [0.717, 1.165) is 12.8 Å². The number of fused-ring (bicyclic) bond motifs is 1. The van der Waals surface area contributed by atoms with Crippen LogP contribution in [-0.4, -0.2) is 12.4 Å². The zero-order valence-corrected chi connectivity index (χ0v) is 10.1. The van der Waals surface area contributed by atoms with Crippen LogP contribution in [0.5, 0.6) is 0 Å². The van der Waals surface area contributed by atoms with Gasteiger partial charge in [0.05, 0.1) is 11.9 Å². The van der Waals surface area contributed by atoms with Crippen LogP contribution in [0.4, 0.5) is 0 Å². The molecule has 0 bridgehead atoms. The molecule has 0 amide bonds. The minimum Gasteiger partial charge on any atom is -0.388 e. The lowest BCUT2D eigenvalue weighted by molar-refractivity contribution is 0.0400. The Morgan fingerprint density at radius 3 is 3.06 bits per heavy atom. The molecule has 1 aromatic carbocycles. The van der Waals surface area contributed by atoms with Crippen molar-refractivity contribution in [2.24, 2.45) is 5.73 Å². The average Bonchev–Trinajstić information content (AvgIpc) is 2.34. The van der Waals surface area contributed by atoms with Crippen molar-refractivity contribution in [3.8, 4) is 0 Å². The van der Waals surface area contributed by atoms with E-state index in [0.29, 0.717) is 13.0 Å². The number of nitrogens with two attached hydrogens (primary N) is 1. The first-order valence-electron chi connectivity index (χ1n) is 6.29. The second-order valence-corrected chi connectivity index (χ2v) is 4.58. The van der Waals surface area contributed by atoms with Crippen molar-refractivity contribution < 1.29 is 4.74 Å². The smallest absolute Gasteiger partial charge is 0.0906 e. The number of aryl methyl sites for hydroxylation is 1. The molecule has 1 atom stereocenters. The van der Waals surface area contributed by atoms with Gasteiger partial charge >= 0.3 is 0 Å². The lowest BCUT2D eigenvalue weighted by Crippen LogP contribution is -2.15. The third-order valence-corrected chi connectivity index (χ3v) is 3.22. The van der Waals surface area contributed by atoms with Gasteiger partial charge in [-0.1, -0.05) is 24.3 Å². The lowest BCUT2D eigenvalue weighted by atomic mass is 9.89. The van der Waals surface area contributed by atoms with E-state index in [-0.39, 0.29) is 11.9 Å². The monoisotopic (exact) mass is 232 g/mol. The highest BCUT2D eigenvalue weighted by Crippen LogP contribution is 2.32. The van der Waals surface area contributed by atoms with Crippen molar-refractivity contribution in [1.82, 2.24) is 0 Å². The molecule has 0 fully saturated rings. The van der Waals surface area contributed by atoms with Crippen molar-refractivity contribution in [2.45, 2.75) is 38.2 Å². The van der Waals surface area contributed by atoms with Crippen molar-refractivity contribution in [1.29, 1.82) is 5.41 Å². The van der Waals surface area contributed by atoms with Gasteiger partial charge in [0.15, 0.2) is 0 Å². The van der Waals surface area contributed by atoms with Gasteiger partial charge in [-0.25, -0.2) is 0 Å². The summed E-state index contributed by atoms with van der Waals surface area (Å²) in [6.07, 6.45) is 5.20. The molecule has 0 spiro atoms. The summed E-state index contributed by atoms with van der Waals surface area (Å²) in [6, 6.07) is 8.54. The van der Waals surface area contributed by atoms with Gasteiger partial charge in [-0.3, -0.25) is 5.41 Å². The number of ether oxygens (including phenoxy) is 1. The topological polar surface area (TPSA) is 59.1 Å². The fourth-order valence-electron chi connectivity index (χ4n) is 2.37. The summed E-state index contributed by atoms with van der Waals surface area (Å²) in [4.78, 5) is 0. The molecule has 3 N–H and O–H groups in total. The van der Waals surface area contributed by atoms with E-state index in [1.807, 2.05) is 0 Å². The largest absolute Gasteiger partial charge is 0.388 e. The summed E-state index contributed by atoms with van der Waals surface area (Å²) in [5.74, 6) is 0.248. The summed E-state index contributed by atoms with van der Waals surface area (Å²) >= 11 is 0. The van der Waals surface area contributed by atoms with Crippen molar-refractivity contribution in [2.75, 3.05) is 6.61 Å². The van der Waals surface area contributed by atoms with Crippen LogP contribution in [0.2, 0.25) is 0 Å². The van der Waals surface area contributed by atoms with Crippen molar-refractivity contribution in [3.63, 3.8) is 0 Å². The van der Waals surface area contributed by atoms with E-state index < -0.39 is 0 Å². The van der Waals surface area contributed by atoms with Crippen LogP contribution in [0.15, 0.2) is 24.3 Å². The van der Waals surface area contributed by atoms with Crippen LogP contribution in [-0.2, 0) is 11.2 Å². The van der Waals surface area contributed by atoms with E-state index in [1.54, 1.807) is 0 Å². The Bertz CT molecular complexity index is 390. The number of hydrogen-bond donors (Lipinski definition) is 2. The first kappa shape index (κ1) is 12.1. The van der Waals surface area contributed by atoms with Gasteiger partial charge in [0.1, 0.15) is 0 Å². The summed E-state index contributed by atoms with van der Waals surface area (Å²) in [5.41, 5.74) is 8.09.